The van der Waals surface area contributed by atoms with Crippen molar-refractivity contribution in [3.05, 3.63) is 29.6 Å². The van der Waals surface area contributed by atoms with Crippen LogP contribution in [-0.2, 0) is 0 Å². The van der Waals surface area contributed by atoms with Gasteiger partial charge in [0, 0.05) is 18.5 Å². The minimum absolute atomic E-state index is 0.00722. The molecule has 0 saturated carbocycles. The van der Waals surface area contributed by atoms with E-state index >= 15 is 0 Å². The van der Waals surface area contributed by atoms with E-state index in [0.717, 1.165) is 19.5 Å². The summed E-state index contributed by atoms with van der Waals surface area (Å²) < 4.78 is 13.3. The monoisotopic (exact) mass is 181 g/mol. The summed E-state index contributed by atoms with van der Waals surface area (Å²) in [7, 11) is 0. The first kappa shape index (κ1) is 8.51. The van der Waals surface area contributed by atoms with Crippen molar-refractivity contribution in [1.29, 1.82) is 0 Å². The Bertz CT molecular complexity index is 308. The van der Waals surface area contributed by atoms with Crippen LogP contribution in [0.15, 0.2) is 18.2 Å². The number of nitrogens with one attached hydrogen (secondary N) is 1. The molecule has 1 aliphatic rings. The van der Waals surface area contributed by atoms with Crippen LogP contribution >= 0.6 is 0 Å². The third kappa shape index (κ3) is 1.65. The molecule has 1 saturated heterocycles. The zero-order valence-corrected chi connectivity index (χ0v) is 7.26. The van der Waals surface area contributed by atoms with Crippen LogP contribution in [0.4, 0.5) is 4.39 Å². The van der Waals surface area contributed by atoms with E-state index in [0.29, 0.717) is 5.56 Å². The number of hydrogen-bond acceptors (Lipinski definition) is 2. The van der Waals surface area contributed by atoms with Gasteiger partial charge in [-0.3, -0.25) is 0 Å². The molecule has 13 heavy (non-hydrogen) atoms. The average Bonchev–Trinajstić information content (AvgIpc) is 2.56. The lowest BCUT2D eigenvalue weighted by Crippen LogP contribution is -2.08. The van der Waals surface area contributed by atoms with Crippen molar-refractivity contribution in [2.24, 2.45) is 0 Å². The highest BCUT2D eigenvalue weighted by molar-refractivity contribution is 5.30. The molecule has 2 N–H and O–H groups in total. The summed E-state index contributed by atoms with van der Waals surface area (Å²) in [5.41, 5.74) is 0.711. The summed E-state index contributed by atoms with van der Waals surface area (Å²) in [4.78, 5) is 0. The van der Waals surface area contributed by atoms with Crippen molar-refractivity contribution >= 4 is 0 Å². The van der Waals surface area contributed by atoms with Gasteiger partial charge >= 0.3 is 0 Å². The van der Waals surface area contributed by atoms with E-state index in [4.69, 9.17) is 5.11 Å². The van der Waals surface area contributed by atoms with Crippen molar-refractivity contribution in [2.75, 3.05) is 13.1 Å². The van der Waals surface area contributed by atoms with Gasteiger partial charge in [-0.05, 0) is 24.6 Å². The molecule has 3 heteroatoms. The first-order valence-electron chi connectivity index (χ1n) is 4.46. The van der Waals surface area contributed by atoms with E-state index in [9.17, 15) is 4.39 Å². The van der Waals surface area contributed by atoms with Gasteiger partial charge in [0.15, 0.2) is 0 Å². The Morgan fingerprint density at radius 1 is 1.46 bits per heavy atom. The normalized spacial score (nSPS) is 22.1. The molecular weight excluding hydrogens is 169 g/mol. The molecule has 1 aromatic rings. The van der Waals surface area contributed by atoms with Crippen molar-refractivity contribution in [2.45, 2.75) is 12.3 Å². The average molecular weight is 181 g/mol. The van der Waals surface area contributed by atoms with Gasteiger partial charge in [0.05, 0.1) is 0 Å². The molecule has 0 aromatic heterocycles. The first-order valence-corrected chi connectivity index (χ1v) is 4.46. The largest absolute Gasteiger partial charge is 0.508 e. The summed E-state index contributed by atoms with van der Waals surface area (Å²) >= 11 is 0. The number of hydrogen-bond donors (Lipinski definition) is 2. The smallest absolute Gasteiger partial charge is 0.130 e. The van der Waals surface area contributed by atoms with Gasteiger partial charge in [-0.15, -0.1) is 0 Å². The zero-order chi connectivity index (χ0) is 9.26. The van der Waals surface area contributed by atoms with Crippen LogP contribution in [0.1, 0.15) is 17.9 Å². The van der Waals surface area contributed by atoms with E-state index in [2.05, 4.69) is 5.32 Å². The molecule has 0 aliphatic carbocycles. The summed E-state index contributed by atoms with van der Waals surface area (Å²) in [6.07, 6.45) is 0.974. The molecule has 1 atom stereocenters. The second-order valence-electron chi connectivity index (χ2n) is 3.40. The van der Waals surface area contributed by atoms with E-state index < -0.39 is 0 Å². The van der Waals surface area contributed by atoms with Crippen LogP contribution in [0.2, 0.25) is 0 Å². The highest BCUT2D eigenvalue weighted by atomic mass is 19.1. The summed E-state index contributed by atoms with van der Waals surface area (Å²) in [6, 6.07) is 4.38. The third-order valence-corrected chi connectivity index (χ3v) is 2.48. The Balaban J connectivity index is 2.29. The second-order valence-corrected chi connectivity index (χ2v) is 3.40. The Morgan fingerprint density at radius 3 is 2.92 bits per heavy atom. The van der Waals surface area contributed by atoms with Gasteiger partial charge in [-0.1, -0.05) is 6.07 Å². The summed E-state index contributed by atoms with van der Waals surface area (Å²) in [6.45, 7) is 1.78. The molecule has 1 aromatic carbocycles. The van der Waals surface area contributed by atoms with Crippen LogP contribution in [0.25, 0.3) is 0 Å². The third-order valence-electron chi connectivity index (χ3n) is 2.48. The van der Waals surface area contributed by atoms with Crippen molar-refractivity contribution < 1.29 is 9.50 Å². The second kappa shape index (κ2) is 3.34. The number of phenols is 1. The van der Waals surface area contributed by atoms with Gasteiger partial charge in [0.2, 0.25) is 0 Å². The summed E-state index contributed by atoms with van der Waals surface area (Å²) in [5.74, 6) is -0.0403. The summed E-state index contributed by atoms with van der Waals surface area (Å²) in [5, 5.41) is 12.2. The molecule has 0 amide bonds. The predicted octanol–water partition coefficient (Wildman–Crippen LogP) is 1.61. The van der Waals surface area contributed by atoms with Gasteiger partial charge in [-0.2, -0.15) is 0 Å². The lowest BCUT2D eigenvalue weighted by molar-refractivity contribution is 0.466. The van der Waals surface area contributed by atoms with Crippen LogP contribution in [0, 0.1) is 5.82 Å². The molecule has 1 fully saturated rings. The van der Waals surface area contributed by atoms with Crippen LogP contribution in [0.3, 0.4) is 0 Å². The Hall–Kier alpha value is -1.09. The maximum atomic E-state index is 13.3. The van der Waals surface area contributed by atoms with Crippen LogP contribution in [0.5, 0.6) is 5.75 Å². The molecule has 70 valence electrons. The fraction of sp³-hybridized carbons (Fsp3) is 0.400. The van der Waals surface area contributed by atoms with Gasteiger partial charge in [0.25, 0.3) is 0 Å². The molecule has 0 spiro atoms. The lowest BCUT2D eigenvalue weighted by atomic mass is 9.98. The van der Waals surface area contributed by atoms with E-state index in [-0.39, 0.29) is 17.5 Å². The molecule has 0 radical (unpaired) electrons. The van der Waals surface area contributed by atoms with E-state index in [1.807, 2.05) is 0 Å². The quantitative estimate of drug-likeness (QED) is 0.689. The molecule has 1 aliphatic heterocycles. The maximum absolute atomic E-state index is 13.3. The molecule has 0 bridgehead atoms. The number of aromatic hydroxyl groups is 1. The number of benzene rings is 1. The van der Waals surface area contributed by atoms with Crippen molar-refractivity contribution in [3.63, 3.8) is 0 Å². The molecule has 2 rings (SSSR count). The minimum Gasteiger partial charge on any atom is -0.508 e. The van der Waals surface area contributed by atoms with Crippen molar-refractivity contribution in [1.82, 2.24) is 5.32 Å². The first-order chi connectivity index (χ1) is 6.27. The predicted molar refractivity (Wildman–Crippen MR) is 48.3 cm³/mol. The molecule has 2 nitrogen and oxygen atoms in total. The van der Waals surface area contributed by atoms with Crippen LogP contribution in [-0.4, -0.2) is 18.2 Å². The fourth-order valence-corrected chi connectivity index (χ4v) is 1.77. The van der Waals surface area contributed by atoms with Crippen molar-refractivity contribution in [3.8, 4) is 5.75 Å². The number of rotatable bonds is 1. The van der Waals surface area contributed by atoms with E-state index in [1.54, 1.807) is 6.07 Å². The highest BCUT2D eigenvalue weighted by Crippen LogP contribution is 2.26. The van der Waals surface area contributed by atoms with E-state index in [1.165, 1.54) is 12.1 Å². The van der Waals surface area contributed by atoms with Crippen LogP contribution < -0.4 is 5.32 Å². The zero-order valence-electron chi connectivity index (χ0n) is 7.26. The molecule has 0 unspecified atom stereocenters. The van der Waals surface area contributed by atoms with Gasteiger partial charge < -0.3 is 10.4 Å². The molecular formula is C10H12FNO. The minimum atomic E-state index is -0.297. The SMILES string of the molecule is Oc1ccc([C@@H]2CCNC2)c(F)c1. The standard InChI is InChI=1S/C10H12FNO/c11-10-5-8(13)1-2-9(10)7-3-4-12-6-7/h1-2,5,7,12-13H,3-4,6H2/t7-/m1/s1. The Kier molecular flexibility index (Phi) is 2.19. The topological polar surface area (TPSA) is 32.3 Å². The van der Waals surface area contributed by atoms with Gasteiger partial charge in [0.1, 0.15) is 11.6 Å². The maximum Gasteiger partial charge on any atom is 0.130 e. The number of halogens is 1. The fourth-order valence-electron chi connectivity index (χ4n) is 1.77. The highest BCUT2D eigenvalue weighted by Gasteiger charge is 2.19. The Morgan fingerprint density at radius 2 is 2.31 bits per heavy atom. The lowest BCUT2D eigenvalue weighted by Gasteiger charge is -2.09. The van der Waals surface area contributed by atoms with Gasteiger partial charge in [-0.25, -0.2) is 4.39 Å². The molecule has 1 heterocycles. The number of phenolic OH excluding ortho intramolecular Hbond substituents is 1. The Labute approximate surface area is 76.4 Å².